The van der Waals surface area contributed by atoms with Crippen molar-refractivity contribution < 1.29 is 24.2 Å². The minimum absolute atomic E-state index is 0.115. The molecule has 0 amide bonds. The number of ether oxygens (including phenoxy) is 2. The highest BCUT2D eigenvalue weighted by atomic mass is 16.5. The first-order chi connectivity index (χ1) is 11.6. The van der Waals surface area contributed by atoms with Crippen LogP contribution in [0, 0.1) is 0 Å². The Kier molecular flexibility index (Phi) is 7.11. The molecule has 0 unspecified atom stereocenters. The molecule has 24 heavy (non-hydrogen) atoms. The lowest BCUT2D eigenvalue weighted by Gasteiger charge is -2.33. The number of anilines is 2. The van der Waals surface area contributed by atoms with Gasteiger partial charge in [-0.2, -0.15) is 0 Å². The summed E-state index contributed by atoms with van der Waals surface area (Å²) in [7, 11) is 2.03. The smallest absolute Gasteiger partial charge is 0.144 e. The second-order valence-corrected chi connectivity index (χ2v) is 6.41. The predicted molar refractivity (Wildman–Crippen MR) is 94.3 cm³/mol. The Morgan fingerprint density at radius 1 is 1.21 bits per heavy atom. The van der Waals surface area contributed by atoms with Crippen LogP contribution in [0.3, 0.4) is 0 Å². The molecule has 1 aromatic carbocycles. The number of hydrogen-bond donors (Lipinski definition) is 3. The fourth-order valence-electron chi connectivity index (χ4n) is 2.91. The fourth-order valence-corrected chi connectivity index (χ4v) is 2.91. The van der Waals surface area contributed by atoms with Crippen LogP contribution in [0.2, 0.25) is 0 Å². The average Bonchev–Trinajstić information content (AvgIpc) is 2.54. The molecule has 0 atom stereocenters. The van der Waals surface area contributed by atoms with Gasteiger partial charge in [0.2, 0.25) is 0 Å². The number of rotatable bonds is 10. The van der Waals surface area contributed by atoms with Gasteiger partial charge in [-0.05, 0) is 12.1 Å². The molecule has 0 saturated carbocycles. The number of nitrogen functional groups attached to an aromatic ring is 1. The zero-order valence-corrected chi connectivity index (χ0v) is 14.5. The fraction of sp³-hybridized carbons (Fsp3) is 0.647. The number of likely N-dealkylation sites (N-methyl/N-ethyl adjacent to an activating group) is 1. The molecule has 1 aliphatic rings. The normalized spacial score (nSPS) is 14.4. The molecule has 0 radical (unpaired) electrons. The largest absolute Gasteiger partial charge is 0.489 e. The highest BCUT2D eigenvalue weighted by Crippen LogP contribution is 2.32. The van der Waals surface area contributed by atoms with Gasteiger partial charge in [0.15, 0.2) is 0 Å². The Bertz CT molecular complexity index is 507. The minimum atomic E-state index is 0.115. The summed E-state index contributed by atoms with van der Waals surface area (Å²) in [5.74, 6) is 0.830. The van der Waals surface area contributed by atoms with Crippen LogP contribution >= 0.6 is 0 Å². The summed E-state index contributed by atoms with van der Waals surface area (Å²) in [5, 5.41) is 18.3. The third-order valence-electron chi connectivity index (χ3n) is 4.50. The molecule has 2 rings (SSSR count). The van der Waals surface area contributed by atoms with Crippen molar-refractivity contribution in [3.63, 3.8) is 0 Å². The van der Waals surface area contributed by atoms with E-state index in [4.69, 9.17) is 25.4 Å². The van der Waals surface area contributed by atoms with Gasteiger partial charge in [-0.3, -0.25) is 0 Å². The van der Waals surface area contributed by atoms with E-state index in [1.54, 1.807) is 0 Å². The van der Waals surface area contributed by atoms with Crippen LogP contribution in [0.25, 0.3) is 0 Å². The van der Waals surface area contributed by atoms with E-state index < -0.39 is 0 Å². The molecule has 0 saturated heterocycles. The number of fused-ring (bicyclic) bond motifs is 1. The average molecular weight is 340 g/mol. The molecule has 1 aliphatic heterocycles. The van der Waals surface area contributed by atoms with Crippen LogP contribution in [0.4, 0.5) is 11.4 Å². The van der Waals surface area contributed by atoms with Crippen LogP contribution in [-0.2, 0) is 4.74 Å². The quantitative estimate of drug-likeness (QED) is 0.314. The first kappa shape index (κ1) is 18.8. The molecule has 0 aromatic heterocycles. The Morgan fingerprint density at radius 3 is 2.67 bits per heavy atom. The summed E-state index contributed by atoms with van der Waals surface area (Å²) in [4.78, 5) is 2.24. The first-order valence-electron chi connectivity index (χ1n) is 8.48. The summed E-state index contributed by atoms with van der Waals surface area (Å²) < 4.78 is 12.0. The number of nitrogens with two attached hydrogens (primary N) is 1. The van der Waals surface area contributed by atoms with Gasteiger partial charge in [0, 0.05) is 18.3 Å². The number of quaternary nitrogens is 1. The minimum Gasteiger partial charge on any atom is -0.489 e. The summed E-state index contributed by atoms with van der Waals surface area (Å²) in [6.45, 7) is 5.78. The third kappa shape index (κ3) is 5.24. The summed E-state index contributed by atoms with van der Waals surface area (Å²) in [6, 6.07) is 5.73. The van der Waals surface area contributed by atoms with E-state index in [1.807, 2.05) is 25.2 Å². The lowest BCUT2D eigenvalue weighted by atomic mass is 10.2. The third-order valence-corrected chi connectivity index (χ3v) is 4.50. The predicted octanol–water partition coefficient (Wildman–Crippen LogP) is -0.0846. The van der Waals surface area contributed by atoms with Crippen LogP contribution < -0.4 is 15.4 Å². The maximum atomic E-state index is 9.15. The number of aliphatic hydroxyl groups excluding tert-OH is 2. The maximum absolute atomic E-state index is 9.15. The van der Waals surface area contributed by atoms with Crippen LogP contribution in [0.15, 0.2) is 18.2 Å². The number of nitrogens with zero attached hydrogens (tertiary/aromatic N) is 2. The number of aliphatic hydroxyl groups is 2. The van der Waals surface area contributed by atoms with Gasteiger partial charge in [0.25, 0.3) is 0 Å². The van der Waals surface area contributed by atoms with Gasteiger partial charge >= 0.3 is 0 Å². The van der Waals surface area contributed by atoms with Gasteiger partial charge in [0.1, 0.15) is 32.0 Å². The Balaban J connectivity index is 1.75. The number of hydrogen-bond acceptors (Lipinski definition) is 6. The molecule has 0 bridgehead atoms. The lowest BCUT2D eigenvalue weighted by molar-refractivity contribution is -0.910. The molecular formula is C17H30N3O4+. The van der Waals surface area contributed by atoms with E-state index in [-0.39, 0.29) is 13.2 Å². The molecule has 0 aliphatic carbocycles. The topological polar surface area (TPSA) is 88.2 Å². The van der Waals surface area contributed by atoms with Crippen LogP contribution in [0.1, 0.15) is 0 Å². The van der Waals surface area contributed by atoms with E-state index in [0.29, 0.717) is 43.1 Å². The van der Waals surface area contributed by atoms with Gasteiger partial charge < -0.3 is 34.8 Å². The van der Waals surface area contributed by atoms with Crippen molar-refractivity contribution >= 4 is 11.4 Å². The van der Waals surface area contributed by atoms with Gasteiger partial charge in [0.05, 0.1) is 45.7 Å². The van der Waals surface area contributed by atoms with Crippen molar-refractivity contribution in [3.05, 3.63) is 18.2 Å². The van der Waals surface area contributed by atoms with Gasteiger partial charge in [-0.25, -0.2) is 0 Å². The van der Waals surface area contributed by atoms with Crippen molar-refractivity contribution in [2.75, 3.05) is 83.4 Å². The van der Waals surface area contributed by atoms with Gasteiger partial charge in [-0.15, -0.1) is 0 Å². The SMILES string of the molecule is C[N+](CCO)(CCO)CCOCCN1CCOc2cc(N)ccc21. The van der Waals surface area contributed by atoms with E-state index in [2.05, 4.69) is 4.90 Å². The zero-order chi connectivity index (χ0) is 17.4. The van der Waals surface area contributed by atoms with E-state index in [9.17, 15) is 0 Å². The zero-order valence-electron chi connectivity index (χ0n) is 14.5. The second-order valence-electron chi connectivity index (χ2n) is 6.41. The number of benzene rings is 1. The van der Waals surface area contributed by atoms with E-state index >= 15 is 0 Å². The van der Waals surface area contributed by atoms with Gasteiger partial charge in [-0.1, -0.05) is 0 Å². The molecule has 1 heterocycles. The molecule has 0 fully saturated rings. The maximum Gasteiger partial charge on any atom is 0.144 e. The molecular weight excluding hydrogens is 310 g/mol. The molecule has 136 valence electrons. The molecule has 7 nitrogen and oxygen atoms in total. The first-order valence-corrected chi connectivity index (χ1v) is 8.48. The summed E-state index contributed by atoms with van der Waals surface area (Å²) in [6.07, 6.45) is 0. The second kappa shape index (κ2) is 9.08. The van der Waals surface area contributed by atoms with E-state index in [1.165, 1.54) is 0 Å². The van der Waals surface area contributed by atoms with Crippen molar-refractivity contribution in [1.82, 2.24) is 0 Å². The lowest BCUT2D eigenvalue weighted by Crippen LogP contribution is -2.50. The highest BCUT2D eigenvalue weighted by Gasteiger charge is 2.21. The Morgan fingerprint density at radius 2 is 1.96 bits per heavy atom. The highest BCUT2D eigenvalue weighted by molar-refractivity contribution is 5.65. The van der Waals surface area contributed by atoms with Crippen molar-refractivity contribution in [1.29, 1.82) is 0 Å². The van der Waals surface area contributed by atoms with Crippen molar-refractivity contribution in [2.24, 2.45) is 0 Å². The van der Waals surface area contributed by atoms with Crippen LogP contribution in [-0.4, -0.2) is 87.5 Å². The standard InChI is InChI=1S/C17H30N3O4/c1-20(6-9-21,7-10-22)8-13-23-11-4-19-5-12-24-17-14-15(18)2-3-16(17)19/h2-3,14,21-22H,4-13,18H2,1H3/q+1. The monoisotopic (exact) mass is 340 g/mol. The Hall–Kier alpha value is -1.54. The molecule has 0 spiro atoms. The summed E-state index contributed by atoms with van der Waals surface area (Å²) in [5.41, 5.74) is 7.56. The van der Waals surface area contributed by atoms with Crippen molar-refractivity contribution in [2.45, 2.75) is 0 Å². The molecule has 1 aromatic rings. The molecule has 7 heteroatoms. The van der Waals surface area contributed by atoms with Crippen LogP contribution in [0.5, 0.6) is 5.75 Å². The molecule has 4 N–H and O–H groups in total. The van der Waals surface area contributed by atoms with Crippen molar-refractivity contribution in [3.8, 4) is 5.75 Å². The Labute approximate surface area is 143 Å². The van der Waals surface area contributed by atoms with E-state index in [0.717, 1.165) is 31.1 Å². The summed E-state index contributed by atoms with van der Waals surface area (Å²) >= 11 is 0.